The van der Waals surface area contributed by atoms with E-state index in [9.17, 15) is 0 Å². The van der Waals surface area contributed by atoms with Gasteiger partial charge in [0.15, 0.2) is 5.96 Å². The maximum absolute atomic E-state index is 5.34. The molecular weight excluding hydrogens is 463 g/mol. The topological polar surface area (TPSA) is 48.9 Å². The second-order valence-electron chi connectivity index (χ2n) is 7.10. The number of aliphatic imine (C=N–C) groups is 1. The van der Waals surface area contributed by atoms with Gasteiger partial charge in [0.1, 0.15) is 5.75 Å². The Morgan fingerprint density at radius 3 is 2.75 bits per heavy atom. The van der Waals surface area contributed by atoms with Crippen LogP contribution in [0.25, 0.3) is 0 Å². The Labute approximate surface area is 185 Å². The van der Waals surface area contributed by atoms with Gasteiger partial charge in [-0.1, -0.05) is 35.9 Å². The number of nitrogens with one attached hydrogen (secondary N) is 2. The van der Waals surface area contributed by atoms with Gasteiger partial charge in [0.25, 0.3) is 0 Å². The molecule has 1 aliphatic heterocycles. The molecule has 0 aromatic heterocycles. The van der Waals surface area contributed by atoms with Crippen molar-refractivity contribution in [2.24, 2.45) is 10.9 Å². The Bertz CT molecular complexity index is 781. The zero-order valence-electron chi connectivity index (χ0n) is 16.9. The van der Waals surface area contributed by atoms with Crippen LogP contribution in [0.1, 0.15) is 17.5 Å². The highest BCUT2D eigenvalue weighted by Gasteiger charge is 2.23. The summed E-state index contributed by atoms with van der Waals surface area (Å²) in [6.07, 6.45) is 1.18. The van der Waals surface area contributed by atoms with Crippen molar-refractivity contribution in [3.63, 3.8) is 0 Å². The summed E-state index contributed by atoms with van der Waals surface area (Å²) in [7, 11) is 3.54. The van der Waals surface area contributed by atoms with Crippen LogP contribution in [0.3, 0.4) is 0 Å². The minimum atomic E-state index is 0. The maximum atomic E-state index is 5.34. The fourth-order valence-corrected chi connectivity index (χ4v) is 3.51. The molecule has 1 atom stereocenters. The van der Waals surface area contributed by atoms with Crippen molar-refractivity contribution in [3.8, 4) is 5.75 Å². The van der Waals surface area contributed by atoms with Crippen LogP contribution < -0.4 is 20.3 Å². The van der Waals surface area contributed by atoms with Crippen LogP contribution in [-0.4, -0.2) is 39.8 Å². The Morgan fingerprint density at radius 2 is 2.00 bits per heavy atom. The third kappa shape index (κ3) is 6.29. The van der Waals surface area contributed by atoms with E-state index >= 15 is 0 Å². The minimum absolute atomic E-state index is 0. The molecule has 1 aliphatic rings. The van der Waals surface area contributed by atoms with E-state index in [4.69, 9.17) is 4.74 Å². The van der Waals surface area contributed by atoms with Gasteiger partial charge < -0.3 is 20.3 Å². The molecule has 28 heavy (non-hydrogen) atoms. The molecule has 1 fully saturated rings. The fourth-order valence-electron chi connectivity index (χ4n) is 3.51. The highest BCUT2D eigenvalue weighted by molar-refractivity contribution is 14.0. The summed E-state index contributed by atoms with van der Waals surface area (Å²) in [5.74, 6) is 2.37. The van der Waals surface area contributed by atoms with Crippen molar-refractivity contribution in [1.82, 2.24) is 10.6 Å². The number of ether oxygens (including phenoxy) is 1. The molecule has 0 bridgehead atoms. The van der Waals surface area contributed by atoms with Crippen LogP contribution in [0.5, 0.6) is 5.75 Å². The van der Waals surface area contributed by atoms with Crippen molar-refractivity contribution < 1.29 is 4.74 Å². The number of methoxy groups -OCH3 is 1. The van der Waals surface area contributed by atoms with Gasteiger partial charge in [-0.05, 0) is 37.0 Å². The van der Waals surface area contributed by atoms with Crippen molar-refractivity contribution >= 4 is 35.6 Å². The number of aryl methyl sites for hydroxylation is 1. The smallest absolute Gasteiger partial charge is 0.191 e. The third-order valence-corrected chi connectivity index (χ3v) is 5.03. The molecule has 2 aromatic rings. The first-order chi connectivity index (χ1) is 13.2. The molecule has 0 aliphatic carbocycles. The standard InChI is InChI=1S/C22H30N4O.HI/c1-17-6-4-7-18(12-17)14-24-22(23-2)25-15-19-10-11-26(16-19)20-8-5-9-21(13-20)27-3;/h4-9,12-13,19H,10-11,14-16H2,1-3H3,(H2,23,24,25);1H. The van der Waals surface area contributed by atoms with Crippen molar-refractivity contribution in [3.05, 3.63) is 59.7 Å². The van der Waals surface area contributed by atoms with E-state index in [1.807, 2.05) is 13.1 Å². The van der Waals surface area contributed by atoms with Gasteiger partial charge in [0.2, 0.25) is 0 Å². The summed E-state index contributed by atoms with van der Waals surface area (Å²) in [6.45, 7) is 5.95. The summed E-state index contributed by atoms with van der Waals surface area (Å²) < 4.78 is 5.34. The molecule has 0 spiro atoms. The predicted molar refractivity (Wildman–Crippen MR) is 128 cm³/mol. The minimum Gasteiger partial charge on any atom is -0.497 e. The molecule has 6 heteroatoms. The van der Waals surface area contributed by atoms with Crippen molar-refractivity contribution in [2.75, 3.05) is 38.7 Å². The lowest BCUT2D eigenvalue weighted by Gasteiger charge is -2.20. The Balaban J connectivity index is 0.00000280. The number of halogens is 1. The molecule has 0 saturated carbocycles. The molecule has 3 rings (SSSR count). The van der Waals surface area contributed by atoms with Crippen LogP contribution in [0, 0.1) is 12.8 Å². The van der Waals surface area contributed by atoms with Gasteiger partial charge in [0.05, 0.1) is 7.11 Å². The van der Waals surface area contributed by atoms with E-state index in [2.05, 4.69) is 69.9 Å². The van der Waals surface area contributed by atoms with Crippen LogP contribution in [-0.2, 0) is 6.54 Å². The Hall–Kier alpha value is -1.96. The second kappa shape index (κ2) is 11.1. The van der Waals surface area contributed by atoms with Crippen LogP contribution in [0.2, 0.25) is 0 Å². The first-order valence-electron chi connectivity index (χ1n) is 9.57. The van der Waals surface area contributed by atoms with Crippen molar-refractivity contribution in [2.45, 2.75) is 19.9 Å². The highest BCUT2D eigenvalue weighted by Crippen LogP contribution is 2.26. The number of hydrogen-bond acceptors (Lipinski definition) is 3. The summed E-state index contributed by atoms with van der Waals surface area (Å²) in [4.78, 5) is 6.78. The van der Waals surface area contributed by atoms with E-state index in [0.717, 1.165) is 37.9 Å². The van der Waals surface area contributed by atoms with Gasteiger partial charge in [-0.15, -0.1) is 24.0 Å². The SMILES string of the molecule is CN=C(NCc1cccc(C)c1)NCC1CCN(c2cccc(OC)c2)C1.I. The maximum Gasteiger partial charge on any atom is 0.191 e. The zero-order valence-corrected chi connectivity index (χ0v) is 19.3. The summed E-state index contributed by atoms with van der Waals surface area (Å²) in [5, 5.41) is 6.88. The zero-order chi connectivity index (χ0) is 19.1. The van der Waals surface area contributed by atoms with E-state index in [1.54, 1.807) is 7.11 Å². The van der Waals surface area contributed by atoms with Gasteiger partial charge in [0, 0.05) is 45.0 Å². The van der Waals surface area contributed by atoms with Gasteiger partial charge in [-0.3, -0.25) is 4.99 Å². The monoisotopic (exact) mass is 494 g/mol. The average Bonchev–Trinajstić information content (AvgIpc) is 3.17. The van der Waals surface area contributed by atoms with Gasteiger partial charge in [-0.2, -0.15) is 0 Å². The fraction of sp³-hybridized carbons (Fsp3) is 0.409. The van der Waals surface area contributed by atoms with Gasteiger partial charge >= 0.3 is 0 Å². The number of benzene rings is 2. The Morgan fingerprint density at radius 1 is 1.18 bits per heavy atom. The highest BCUT2D eigenvalue weighted by atomic mass is 127. The quantitative estimate of drug-likeness (QED) is 0.365. The first kappa shape index (κ1) is 22.3. The number of nitrogens with zero attached hydrogens (tertiary/aromatic N) is 2. The third-order valence-electron chi connectivity index (χ3n) is 5.03. The molecule has 2 N–H and O–H groups in total. The van der Waals surface area contributed by atoms with Crippen LogP contribution >= 0.6 is 24.0 Å². The first-order valence-corrected chi connectivity index (χ1v) is 9.57. The van der Waals surface area contributed by atoms with Crippen molar-refractivity contribution in [1.29, 1.82) is 0 Å². The molecule has 152 valence electrons. The molecule has 1 unspecified atom stereocenters. The second-order valence-corrected chi connectivity index (χ2v) is 7.10. The van der Waals surface area contributed by atoms with Crippen LogP contribution in [0.15, 0.2) is 53.5 Å². The number of guanidine groups is 1. The number of rotatable bonds is 6. The lowest BCUT2D eigenvalue weighted by atomic mass is 10.1. The lowest BCUT2D eigenvalue weighted by molar-refractivity contribution is 0.415. The normalized spacial score (nSPS) is 16.5. The Kier molecular flexibility index (Phi) is 8.89. The molecule has 2 aromatic carbocycles. The average molecular weight is 494 g/mol. The van der Waals surface area contributed by atoms with Gasteiger partial charge in [-0.25, -0.2) is 0 Å². The van der Waals surface area contributed by atoms with E-state index in [-0.39, 0.29) is 24.0 Å². The number of anilines is 1. The van der Waals surface area contributed by atoms with Crippen LogP contribution in [0.4, 0.5) is 5.69 Å². The molecule has 0 radical (unpaired) electrons. The summed E-state index contributed by atoms with van der Waals surface area (Å²) >= 11 is 0. The molecular formula is C22H31IN4O. The predicted octanol–water partition coefficient (Wildman–Crippen LogP) is 3.81. The molecule has 1 saturated heterocycles. The van der Waals surface area contributed by atoms with E-state index in [1.165, 1.54) is 23.2 Å². The number of hydrogen-bond donors (Lipinski definition) is 2. The summed E-state index contributed by atoms with van der Waals surface area (Å²) in [6, 6.07) is 16.8. The molecule has 5 nitrogen and oxygen atoms in total. The summed E-state index contributed by atoms with van der Waals surface area (Å²) in [5.41, 5.74) is 3.78. The lowest BCUT2D eigenvalue weighted by Crippen LogP contribution is -2.39. The van der Waals surface area contributed by atoms with E-state index in [0.29, 0.717) is 5.92 Å². The van der Waals surface area contributed by atoms with E-state index < -0.39 is 0 Å². The molecule has 0 amide bonds. The molecule has 1 heterocycles. The largest absolute Gasteiger partial charge is 0.497 e.